The molecule has 4 rings (SSSR count). The number of furan rings is 1. The third-order valence-corrected chi connectivity index (χ3v) is 5.83. The van der Waals surface area contributed by atoms with Gasteiger partial charge in [-0.25, -0.2) is 4.98 Å². The molecule has 202 valence electrons. The van der Waals surface area contributed by atoms with Gasteiger partial charge in [-0.05, 0) is 66.4 Å². The molecule has 5 nitrogen and oxygen atoms in total. The number of fused-ring (bicyclic) bond motifs is 1. The monoisotopic (exact) mass is 565 g/mol. The van der Waals surface area contributed by atoms with Crippen LogP contribution in [0.1, 0.15) is 51.5 Å². The van der Waals surface area contributed by atoms with Crippen molar-refractivity contribution in [1.29, 1.82) is 0 Å². The third-order valence-electron chi connectivity index (χ3n) is 5.60. The Morgan fingerprint density at radius 3 is 2.51 bits per heavy atom. The largest absolute Gasteiger partial charge is 0.493 e. The molecule has 37 heavy (non-hydrogen) atoms. The van der Waals surface area contributed by atoms with Crippen LogP contribution in [-0.4, -0.2) is 35.1 Å². The predicted octanol–water partition coefficient (Wildman–Crippen LogP) is 8.42. The third kappa shape index (κ3) is 8.68. The fraction of sp³-hybridized carbons (Fsp3) is 0.414. The van der Waals surface area contributed by atoms with Crippen molar-refractivity contribution in [3.05, 3.63) is 70.4 Å². The van der Waals surface area contributed by atoms with Gasteiger partial charge in [0, 0.05) is 30.1 Å². The van der Waals surface area contributed by atoms with Gasteiger partial charge in [-0.2, -0.15) is 0 Å². The van der Waals surface area contributed by atoms with Crippen LogP contribution in [0.3, 0.4) is 0 Å². The Kier molecular flexibility index (Phi) is 11.0. The first kappa shape index (κ1) is 31.0. The standard InChI is InChI=1S/C29H36ClN3O2.2ClH/c1-19(2)17-34-26-11-8-22(30)14-21(26)15-23-9-12-27(35-23)28-31-24-10-7-20(13-25(24)32-28)16-33(6)18-29(3,4)5;;/h7-14,19H,15-18H2,1-6H3,(H,31,32);2*1H. The summed E-state index contributed by atoms with van der Waals surface area (Å²) in [7, 11) is 2.16. The molecule has 0 unspecified atom stereocenters. The zero-order valence-corrected chi connectivity index (χ0v) is 24.8. The first-order valence-electron chi connectivity index (χ1n) is 12.2. The van der Waals surface area contributed by atoms with Gasteiger partial charge in [-0.3, -0.25) is 0 Å². The molecule has 0 saturated carbocycles. The first-order chi connectivity index (χ1) is 16.6. The smallest absolute Gasteiger partial charge is 0.174 e. The van der Waals surface area contributed by atoms with E-state index in [2.05, 4.69) is 69.7 Å². The molecule has 0 aliphatic carbocycles. The van der Waals surface area contributed by atoms with Crippen molar-refractivity contribution in [3.8, 4) is 17.3 Å². The fourth-order valence-corrected chi connectivity index (χ4v) is 4.51. The van der Waals surface area contributed by atoms with Crippen molar-refractivity contribution in [3.63, 3.8) is 0 Å². The van der Waals surface area contributed by atoms with E-state index in [0.717, 1.165) is 47.0 Å². The average Bonchev–Trinajstić information content (AvgIpc) is 3.38. The molecule has 0 atom stereocenters. The number of ether oxygens (including phenoxy) is 1. The van der Waals surface area contributed by atoms with Gasteiger partial charge in [0.15, 0.2) is 11.6 Å². The Labute approximate surface area is 237 Å². The first-order valence-corrected chi connectivity index (χ1v) is 12.6. The number of imidazole rings is 1. The minimum atomic E-state index is 0. The molecule has 2 aromatic carbocycles. The second-order valence-electron chi connectivity index (χ2n) is 11.1. The molecule has 2 aromatic heterocycles. The number of aromatic amines is 1. The summed E-state index contributed by atoms with van der Waals surface area (Å²) in [6.45, 7) is 13.6. The van der Waals surface area contributed by atoms with E-state index in [1.165, 1.54) is 5.56 Å². The number of halogens is 3. The molecule has 8 heteroatoms. The molecule has 0 saturated heterocycles. The number of aromatic nitrogens is 2. The topological polar surface area (TPSA) is 54.3 Å². The highest BCUT2D eigenvalue weighted by Crippen LogP contribution is 2.29. The quantitative estimate of drug-likeness (QED) is 0.221. The van der Waals surface area contributed by atoms with Gasteiger partial charge in [0.25, 0.3) is 0 Å². The Morgan fingerprint density at radius 1 is 1.05 bits per heavy atom. The van der Waals surface area contributed by atoms with E-state index in [1.807, 2.05) is 30.3 Å². The Bertz CT molecular complexity index is 1290. The van der Waals surface area contributed by atoms with Crippen LogP contribution in [0.5, 0.6) is 5.75 Å². The summed E-state index contributed by atoms with van der Waals surface area (Å²) in [5.74, 6) is 3.57. The minimum Gasteiger partial charge on any atom is -0.493 e. The number of hydrogen-bond acceptors (Lipinski definition) is 4. The van der Waals surface area contributed by atoms with Crippen molar-refractivity contribution in [2.45, 2.75) is 47.6 Å². The Balaban J connectivity index is 0.00000241. The van der Waals surface area contributed by atoms with E-state index in [0.29, 0.717) is 29.7 Å². The van der Waals surface area contributed by atoms with Crippen LogP contribution in [0, 0.1) is 11.3 Å². The molecule has 0 fully saturated rings. The lowest BCUT2D eigenvalue weighted by molar-refractivity contribution is 0.221. The maximum absolute atomic E-state index is 6.26. The molecular formula is C29H38Cl3N3O2. The highest BCUT2D eigenvalue weighted by molar-refractivity contribution is 6.30. The molecule has 0 aliphatic heterocycles. The minimum absolute atomic E-state index is 0. The molecule has 1 N–H and O–H groups in total. The van der Waals surface area contributed by atoms with Gasteiger partial charge in [0.2, 0.25) is 0 Å². The van der Waals surface area contributed by atoms with Crippen LogP contribution in [0.2, 0.25) is 5.02 Å². The zero-order chi connectivity index (χ0) is 25.2. The van der Waals surface area contributed by atoms with Crippen LogP contribution in [0.4, 0.5) is 0 Å². The lowest BCUT2D eigenvalue weighted by Crippen LogP contribution is -2.28. The van der Waals surface area contributed by atoms with Crippen LogP contribution in [0.25, 0.3) is 22.6 Å². The maximum Gasteiger partial charge on any atom is 0.174 e. The Morgan fingerprint density at radius 2 is 1.81 bits per heavy atom. The van der Waals surface area contributed by atoms with Crippen LogP contribution in [0.15, 0.2) is 52.9 Å². The van der Waals surface area contributed by atoms with E-state index in [9.17, 15) is 0 Å². The second kappa shape index (κ2) is 13.1. The molecule has 0 radical (unpaired) electrons. The summed E-state index contributed by atoms with van der Waals surface area (Å²) in [4.78, 5) is 10.6. The van der Waals surface area contributed by atoms with Gasteiger partial charge < -0.3 is 19.0 Å². The summed E-state index contributed by atoms with van der Waals surface area (Å²) >= 11 is 6.26. The highest BCUT2D eigenvalue weighted by Gasteiger charge is 2.16. The van der Waals surface area contributed by atoms with Gasteiger partial charge in [0.1, 0.15) is 11.5 Å². The van der Waals surface area contributed by atoms with E-state index in [-0.39, 0.29) is 30.2 Å². The van der Waals surface area contributed by atoms with Crippen molar-refractivity contribution in [2.24, 2.45) is 11.3 Å². The average molecular weight is 567 g/mol. The van der Waals surface area contributed by atoms with E-state index >= 15 is 0 Å². The zero-order valence-electron chi connectivity index (χ0n) is 22.4. The summed E-state index contributed by atoms with van der Waals surface area (Å²) < 4.78 is 12.2. The van der Waals surface area contributed by atoms with Crippen LogP contribution >= 0.6 is 36.4 Å². The number of rotatable bonds is 9. The summed E-state index contributed by atoms with van der Waals surface area (Å²) in [6.07, 6.45) is 0.596. The van der Waals surface area contributed by atoms with Crippen LogP contribution in [-0.2, 0) is 13.0 Å². The number of nitrogens with zero attached hydrogens (tertiary/aromatic N) is 2. The Hall–Kier alpha value is -2.18. The van der Waals surface area contributed by atoms with E-state index in [1.54, 1.807) is 0 Å². The molecule has 2 heterocycles. The predicted molar refractivity (Wildman–Crippen MR) is 159 cm³/mol. The molecule has 0 bridgehead atoms. The SMILES string of the molecule is CC(C)COc1ccc(Cl)cc1Cc1ccc(-c2nc3cc(CN(C)CC(C)(C)C)ccc3[nH]2)o1.Cl.Cl. The molecule has 0 amide bonds. The summed E-state index contributed by atoms with van der Waals surface area (Å²) in [5, 5.41) is 0.685. The van der Waals surface area contributed by atoms with E-state index in [4.69, 9.17) is 25.7 Å². The lowest BCUT2D eigenvalue weighted by Gasteiger charge is -2.26. The highest BCUT2D eigenvalue weighted by atomic mass is 35.5. The van der Waals surface area contributed by atoms with E-state index < -0.39 is 0 Å². The second-order valence-corrected chi connectivity index (χ2v) is 11.5. The van der Waals surface area contributed by atoms with Gasteiger partial charge in [0.05, 0.1) is 17.6 Å². The van der Waals surface area contributed by atoms with Gasteiger partial charge >= 0.3 is 0 Å². The van der Waals surface area contributed by atoms with Crippen molar-refractivity contribution >= 4 is 47.4 Å². The normalized spacial score (nSPS) is 11.6. The maximum atomic E-state index is 6.26. The summed E-state index contributed by atoms with van der Waals surface area (Å²) in [5.41, 5.74) is 4.46. The summed E-state index contributed by atoms with van der Waals surface area (Å²) in [6, 6.07) is 16.1. The molecule has 4 aromatic rings. The van der Waals surface area contributed by atoms with Gasteiger partial charge in [-0.1, -0.05) is 52.3 Å². The number of H-pyrrole nitrogens is 1. The molecule has 0 aliphatic rings. The van der Waals surface area contributed by atoms with Crippen molar-refractivity contribution < 1.29 is 9.15 Å². The van der Waals surface area contributed by atoms with Gasteiger partial charge in [-0.15, -0.1) is 24.8 Å². The number of hydrogen-bond donors (Lipinski definition) is 1. The molecular weight excluding hydrogens is 529 g/mol. The van der Waals surface area contributed by atoms with Crippen molar-refractivity contribution in [2.75, 3.05) is 20.2 Å². The lowest BCUT2D eigenvalue weighted by atomic mass is 9.96. The molecule has 0 spiro atoms. The fourth-order valence-electron chi connectivity index (χ4n) is 4.32. The van der Waals surface area contributed by atoms with Crippen LogP contribution < -0.4 is 4.74 Å². The van der Waals surface area contributed by atoms with Crippen molar-refractivity contribution in [1.82, 2.24) is 14.9 Å². The number of benzene rings is 2. The number of nitrogens with one attached hydrogen (secondary N) is 1.